The molecule has 0 aliphatic heterocycles. The first-order chi connectivity index (χ1) is 7.74. The summed E-state index contributed by atoms with van der Waals surface area (Å²) in [4.78, 5) is 0. The van der Waals surface area contributed by atoms with Crippen LogP contribution in [0.3, 0.4) is 0 Å². The molecule has 1 aromatic carbocycles. The molecule has 90 valence electrons. The standard InChI is InChI=1S/C12H20N2OS/c1-10-3-4-11(9-12(10)13)14-5-8-16-7-2-6-15/h3-4,9,14-15H,2,5-8,13H2,1H3. The Bertz CT molecular complexity index is 318. The Morgan fingerprint density at radius 1 is 1.38 bits per heavy atom. The molecule has 0 amide bonds. The maximum absolute atomic E-state index is 8.61. The molecule has 0 radical (unpaired) electrons. The Labute approximate surface area is 101 Å². The number of aryl methyl sites for hydroxylation is 1. The fourth-order valence-corrected chi connectivity index (χ4v) is 2.07. The lowest BCUT2D eigenvalue weighted by Gasteiger charge is -2.08. The van der Waals surface area contributed by atoms with Gasteiger partial charge in [-0.25, -0.2) is 0 Å². The number of nitrogens with two attached hydrogens (primary N) is 1. The number of anilines is 2. The summed E-state index contributed by atoms with van der Waals surface area (Å²) in [5.74, 6) is 2.07. The third kappa shape index (κ3) is 4.77. The van der Waals surface area contributed by atoms with E-state index in [1.54, 1.807) is 0 Å². The molecule has 1 rings (SSSR count). The van der Waals surface area contributed by atoms with Gasteiger partial charge in [-0.2, -0.15) is 11.8 Å². The number of hydrogen-bond donors (Lipinski definition) is 3. The normalized spacial score (nSPS) is 10.4. The number of aliphatic hydroxyl groups is 1. The van der Waals surface area contributed by atoms with Crippen molar-refractivity contribution in [1.29, 1.82) is 0 Å². The first-order valence-electron chi connectivity index (χ1n) is 5.52. The van der Waals surface area contributed by atoms with Gasteiger partial charge in [0.05, 0.1) is 0 Å². The topological polar surface area (TPSA) is 58.3 Å². The van der Waals surface area contributed by atoms with Crippen molar-refractivity contribution < 1.29 is 5.11 Å². The monoisotopic (exact) mass is 240 g/mol. The van der Waals surface area contributed by atoms with Crippen LogP contribution < -0.4 is 11.1 Å². The molecule has 0 aliphatic carbocycles. The van der Waals surface area contributed by atoms with Crippen molar-refractivity contribution in [2.24, 2.45) is 0 Å². The molecule has 4 heteroatoms. The molecule has 0 saturated carbocycles. The van der Waals surface area contributed by atoms with Gasteiger partial charge in [0.1, 0.15) is 0 Å². The summed E-state index contributed by atoms with van der Waals surface area (Å²) < 4.78 is 0. The van der Waals surface area contributed by atoms with Gasteiger partial charge in [-0.05, 0) is 36.8 Å². The Morgan fingerprint density at radius 3 is 2.88 bits per heavy atom. The lowest BCUT2D eigenvalue weighted by Crippen LogP contribution is -2.05. The van der Waals surface area contributed by atoms with E-state index in [1.165, 1.54) is 0 Å². The summed E-state index contributed by atoms with van der Waals surface area (Å²) in [6.45, 7) is 3.22. The maximum Gasteiger partial charge on any atom is 0.0438 e. The highest BCUT2D eigenvalue weighted by Gasteiger charge is 1.96. The SMILES string of the molecule is Cc1ccc(NCCSCCCO)cc1N. The minimum absolute atomic E-state index is 0.287. The van der Waals surface area contributed by atoms with Gasteiger partial charge in [-0.15, -0.1) is 0 Å². The Balaban J connectivity index is 2.19. The van der Waals surface area contributed by atoms with Crippen molar-refractivity contribution in [3.05, 3.63) is 23.8 Å². The zero-order valence-corrected chi connectivity index (χ0v) is 10.5. The molecule has 0 bridgehead atoms. The summed E-state index contributed by atoms with van der Waals surface area (Å²) in [6, 6.07) is 6.04. The number of hydrogen-bond acceptors (Lipinski definition) is 4. The van der Waals surface area contributed by atoms with Gasteiger partial charge in [0.2, 0.25) is 0 Å². The van der Waals surface area contributed by atoms with Crippen LogP contribution >= 0.6 is 11.8 Å². The number of nitrogen functional groups attached to an aromatic ring is 1. The van der Waals surface area contributed by atoms with Crippen molar-refractivity contribution in [3.8, 4) is 0 Å². The molecule has 0 fully saturated rings. The van der Waals surface area contributed by atoms with E-state index in [2.05, 4.69) is 5.32 Å². The lowest BCUT2D eigenvalue weighted by atomic mass is 10.2. The maximum atomic E-state index is 8.61. The third-order valence-electron chi connectivity index (χ3n) is 2.30. The van der Waals surface area contributed by atoms with Crippen LogP contribution in [0.4, 0.5) is 11.4 Å². The number of nitrogens with one attached hydrogen (secondary N) is 1. The second kappa shape index (κ2) is 7.41. The smallest absolute Gasteiger partial charge is 0.0438 e. The van der Waals surface area contributed by atoms with Crippen molar-refractivity contribution in [2.75, 3.05) is 35.7 Å². The highest BCUT2D eigenvalue weighted by atomic mass is 32.2. The van der Waals surface area contributed by atoms with Gasteiger partial charge < -0.3 is 16.2 Å². The molecule has 16 heavy (non-hydrogen) atoms. The van der Waals surface area contributed by atoms with Gasteiger partial charge in [0.15, 0.2) is 0 Å². The van der Waals surface area contributed by atoms with E-state index in [0.29, 0.717) is 0 Å². The van der Waals surface area contributed by atoms with Crippen LogP contribution in [0.25, 0.3) is 0 Å². The summed E-state index contributed by atoms with van der Waals surface area (Å²) in [5.41, 5.74) is 8.84. The number of thioether (sulfide) groups is 1. The Kier molecular flexibility index (Phi) is 6.11. The predicted octanol–water partition coefficient (Wildman–Crippen LogP) is 2.10. The molecular weight excluding hydrogens is 220 g/mol. The number of rotatable bonds is 7. The van der Waals surface area contributed by atoms with E-state index < -0.39 is 0 Å². The Morgan fingerprint density at radius 2 is 2.19 bits per heavy atom. The third-order valence-corrected chi connectivity index (χ3v) is 3.37. The van der Waals surface area contributed by atoms with Crippen LogP contribution in [0, 0.1) is 6.92 Å². The number of benzene rings is 1. The van der Waals surface area contributed by atoms with E-state index in [1.807, 2.05) is 36.9 Å². The summed E-state index contributed by atoms with van der Waals surface area (Å²) >= 11 is 1.85. The fraction of sp³-hybridized carbons (Fsp3) is 0.500. The molecule has 0 heterocycles. The highest BCUT2D eigenvalue weighted by molar-refractivity contribution is 7.99. The molecule has 0 aromatic heterocycles. The van der Waals surface area contributed by atoms with Crippen LogP contribution in [0.2, 0.25) is 0 Å². The van der Waals surface area contributed by atoms with E-state index in [9.17, 15) is 0 Å². The van der Waals surface area contributed by atoms with Crippen LogP contribution in [-0.2, 0) is 0 Å². The van der Waals surface area contributed by atoms with Crippen molar-refractivity contribution >= 4 is 23.1 Å². The molecular formula is C12H20N2OS. The zero-order chi connectivity index (χ0) is 11.8. The van der Waals surface area contributed by atoms with Crippen LogP contribution in [0.5, 0.6) is 0 Å². The average Bonchev–Trinajstić information content (AvgIpc) is 2.28. The minimum atomic E-state index is 0.287. The van der Waals surface area contributed by atoms with E-state index in [0.717, 1.165) is 41.4 Å². The average molecular weight is 240 g/mol. The van der Waals surface area contributed by atoms with Gasteiger partial charge in [-0.3, -0.25) is 0 Å². The molecule has 0 aliphatic rings. The first-order valence-corrected chi connectivity index (χ1v) is 6.68. The highest BCUT2D eigenvalue weighted by Crippen LogP contribution is 2.16. The van der Waals surface area contributed by atoms with Crippen molar-refractivity contribution in [1.82, 2.24) is 0 Å². The van der Waals surface area contributed by atoms with Crippen LogP contribution in [0.15, 0.2) is 18.2 Å². The summed E-state index contributed by atoms with van der Waals surface area (Å²) in [6.07, 6.45) is 0.877. The molecule has 0 unspecified atom stereocenters. The minimum Gasteiger partial charge on any atom is -0.398 e. The van der Waals surface area contributed by atoms with Gasteiger partial charge >= 0.3 is 0 Å². The van der Waals surface area contributed by atoms with E-state index in [-0.39, 0.29) is 6.61 Å². The van der Waals surface area contributed by atoms with Crippen molar-refractivity contribution in [2.45, 2.75) is 13.3 Å². The van der Waals surface area contributed by atoms with Crippen LogP contribution in [0.1, 0.15) is 12.0 Å². The number of aliphatic hydroxyl groups excluding tert-OH is 1. The predicted molar refractivity (Wildman–Crippen MR) is 73.1 cm³/mol. The van der Waals surface area contributed by atoms with Gasteiger partial charge in [0, 0.05) is 30.3 Å². The molecule has 4 N–H and O–H groups in total. The van der Waals surface area contributed by atoms with Crippen molar-refractivity contribution in [3.63, 3.8) is 0 Å². The summed E-state index contributed by atoms with van der Waals surface area (Å²) in [5, 5.41) is 11.9. The summed E-state index contributed by atoms with van der Waals surface area (Å²) in [7, 11) is 0. The molecule has 1 aromatic rings. The second-order valence-corrected chi connectivity index (χ2v) is 4.91. The molecule has 3 nitrogen and oxygen atoms in total. The quantitative estimate of drug-likeness (QED) is 0.504. The van der Waals surface area contributed by atoms with E-state index in [4.69, 9.17) is 10.8 Å². The molecule has 0 spiro atoms. The fourth-order valence-electron chi connectivity index (χ4n) is 1.29. The van der Waals surface area contributed by atoms with Gasteiger partial charge in [0.25, 0.3) is 0 Å². The van der Waals surface area contributed by atoms with Crippen LogP contribution in [-0.4, -0.2) is 29.8 Å². The zero-order valence-electron chi connectivity index (χ0n) is 9.70. The molecule has 0 atom stereocenters. The molecule has 0 saturated heterocycles. The second-order valence-electron chi connectivity index (χ2n) is 3.69. The Hall–Kier alpha value is -0.870. The van der Waals surface area contributed by atoms with E-state index >= 15 is 0 Å². The first kappa shape index (κ1) is 13.2. The lowest BCUT2D eigenvalue weighted by molar-refractivity contribution is 0.296. The van der Waals surface area contributed by atoms with Gasteiger partial charge in [-0.1, -0.05) is 6.07 Å². The largest absolute Gasteiger partial charge is 0.398 e.